The van der Waals surface area contributed by atoms with Crippen LogP contribution in [0.2, 0.25) is 0 Å². The summed E-state index contributed by atoms with van der Waals surface area (Å²) >= 11 is 1.56. The molecule has 0 amide bonds. The van der Waals surface area contributed by atoms with Crippen LogP contribution in [-0.4, -0.2) is 22.7 Å². The van der Waals surface area contributed by atoms with Gasteiger partial charge in [0.15, 0.2) is 10.8 Å². The van der Waals surface area contributed by atoms with Crippen molar-refractivity contribution in [1.82, 2.24) is 10.3 Å². The van der Waals surface area contributed by atoms with Crippen molar-refractivity contribution in [2.75, 3.05) is 6.61 Å². The molecule has 0 radical (unpaired) electrons. The summed E-state index contributed by atoms with van der Waals surface area (Å²) < 4.78 is 5.27. The summed E-state index contributed by atoms with van der Waals surface area (Å²) in [5, 5.41) is 14.9. The van der Waals surface area contributed by atoms with Crippen LogP contribution < -0.4 is 5.32 Å². The van der Waals surface area contributed by atoms with E-state index < -0.39 is 0 Å². The standard InChI is InChI=1S/C11H14N2O2S/c1-8(6-14)12-5-9-7-16-11(13-9)10-3-2-4-15-10/h2-4,7-8,12,14H,5-6H2,1H3. The van der Waals surface area contributed by atoms with Gasteiger partial charge in [0, 0.05) is 18.0 Å². The van der Waals surface area contributed by atoms with Crippen LogP contribution in [-0.2, 0) is 6.54 Å². The number of thiazole rings is 1. The molecule has 0 bridgehead atoms. The zero-order chi connectivity index (χ0) is 11.4. The highest BCUT2D eigenvalue weighted by molar-refractivity contribution is 7.13. The van der Waals surface area contributed by atoms with Gasteiger partial charge in [-0.05, 0) is 19.1 Å². The van der Waals surface area contributed by atoms with Gasteiger partial charge >= 0.3 is 0 Å². The molecule has 2 aromatic heterocycles. The van der Waals surface area contributed by atoms with E-state index in [4.69, 9.17) is 9.52 Å². The molecule has 2 N–H and O–H groups in total. The first-order valence-electron chi connectivity index (χ1n) is 5.12. The zero-order valence-corrected chi connectivity index (χ0v) is 9.83. The number of nitrogens with one attached hydrogen (secondary N) is 1. The Morgan fingerprint density at radius 2 is 2.50 bits per heavy atom. The first-order valence-corrected chi connectivity index (χ1v) is 6.00. The molecule has 16 heavy (non-hydrogen) atoms. The van der Waals surface area contributed by atoms with Crippen molar-refractivity contribution in [3.8, 4) is 10.8 Å². The van der Waals surface area contributed by atoms with E-state index in [1.807, 2.05) is 24.4 Å². The lowest BCUT2D eigenvalue weighted by Crippen LogP contribution is -2.28. The lowest BCUT2D eigenvalue weighted by Gasteiger charge is -2.08. The molecule has 0 fully saturated rings. The molecule has 86 valence electrons. The number of furan rings is 1. The van der Waals surface area contributed by atoms with Crippen LogP contribution in [0.25, 0.3) is 10.8 Å². The minimum atomic E-state index is 0.0914. The number of rotatable bonds is 5. The number of aliphatic hydroxyl groups is 1. The number of aliphatic hydroxyl groups excluding tert-OH is 1. The van der Waals surface area contributed by atoms with E-state index >= 15 is 0 Å². The van der Waals surface area contributed by atoms with Crippen molar-refractivity contribution in [2.24, 2.45) is 0 Å². The SMILES string of the molecule is CC(CO)NCc1csc(-c2ccco2)n1. The fourth-order valence-corrected chi connectivity index (χ4v) is 2.03. The summed E-state index contributed by atoms with van der Waals surface area (Å²) in [6.07, 6.45) is 1.64. The summed E-state index contributed by atoms with van der Waals surface area (Å²) in [6.45, 7) is 2.73. The largest absolute Gasteiger partial charge is 0.462 e. The van der Waals surface area contributed by atoms with Gasteiger partial charge in [0.25, 0.3) is 0 Å². The third kappa shape index (κ3) is 2.69. The van der Waals surface area contributed by atoms with Crippen LogP contribution in [0.1, 0.15) is 12.6 Å². The zero-order valence-electron chi connectivity index (χ0n) is 9.01. The number of aromatic nitrogens is 1. The molecule has 0 aliphatic carbocycles. The van der Waals surface area contributed by atoms with Crippen molar-refractivity contribution in [3.05, 3.63) is 29.5 Å². The predicted octanol–water partition coefficient (Wildman–Crippen LogP) is 1.87. The average Bonchev–Trinajstić information content (AvgIpc) is 2.95. The Bertz CT molecular complexity index is 425. The van der Waals surface area contributed by atoms with Gasteiger partial charge in [-0.25, -0.2) is 4.98 Å². The van der Waals surface area contributed by atoms with Gasteiger partial charge in [-0.1, -0.05) is 0 Å². The fourth-order valence-electron chi connectivity index (χ4n) is 1.24. The van der Waals surface area contributed by atoms with E-state index in [0.717, 1.165) is 16.5 Å². The van der Waals surface area contributed by atoms with Crippen molar-refractivity contribution < 1.29 is 9.52 Å². The number of hydrogen-bond acceptors (Lipinski definition) is 5. The Morgan fingerprint density at radius 1 is 1.62 bits per heavy atom. The highest BCUT2D eigenvalue weighted by atomic mass is 32.1. The topological polar surface area (TPSA) is 58.3 Å². The van der Waals surface area contributed by atoms with Gasteiger partial charge in [-0.15, -0.1) is 11.3 Å². The average molecular weight is 238 g/mol. The van der Waals surface area contributed by atoms with Crippen LogP contribution in [0.3, 0.4) is 0 Å². The molecule has 2 aromatic rings. The van der Waals surface area contributed by atoms with Crippen LogP contribution in [0.4, 0.5) is 0 Å². The molecule has 1 atom stereocenters. The smallest absolute Gasteiger partial charge is 0.162 e. The molecule has 0 aromatic carbocycles. The maximum Gasteiger partial charge on any atom is 0.162 e. The Kier molecular flexibility index (Phi) is 3.71. The molecule has 4 nitrogen and oxygen atoms in total. The van der Waals surface area contributed by atoms with Crippen molar-refractivity contribution in [2.45, 2.75) is 19.5 Å². The highest BCUT2D eigenvalue weighted by Crippen LogP contribution is 2.23. The fraction of sp³-hybridized carbons (Fsp3) is 0.364. The first-order chi connectivity index (χ1) is 7.79. The van der Waals surface area contributed by atoms with Gasteiger partial charge in [0.2, 0.25) is 0 Å². The normalized spacial score (nSPS) is 12.9. The van der Waals surface area contributed by atoms with E-state index in [0.29, 0.717) is 6.54 Å². The second kappa shape index (κ2) is 5.25. The van der Waals surface area contributed by atoms with Crippen molar-refractivity contribution in [3.63, 3.8) is 0 Å². The molecule has 2 rings (SSSR count). The van der Waals surface area contributed by atoms with E-state index in [2.05, 4.69) is 10.3 Å². The predicted molar refractivity (Wildman–Crippen MR) is 63.2 cm³/mol. The molecule has 0 aliphatic rings. The molecule has 2 heterocycles. The Morgan fingerprint density at radius 3 is 3.19 bits per heavy atom. The maximum atomic E-state index is 8.87. The van der Waals surface area contributed by atoms with Crippen LogP contribution in [0.5, 0.6) is 0 Å². The summed E-state index contributed by atoms with van der Waals surface area (Å²) in [7, 11) is 0. The van der Waals surface area contributed by atoms with Gasteiger partial charge in [0.05, 0.1) is 18.6 Å². The van der Waals surface area contributed by atoms with Crippen LogP contribution in [0, 0.1) is 0 Å². The van der Waals surface area contributed by atoms with E-state index in [-0.39, 0.29) is 12.6 Å². The minimum Gasteiger partial charge on any atom is -0.462 e. The van der Waals surface area contributed by atoms with E-state index in [1.165, 1.54) is 0 Å². The third-order valence-corrected chi connectivity index (χ3v) is 3.09. The van der Waals surface area contributed by atoms with E-state index in [9.17, 15) is 0 Å². The molecular weight excluding hydrogens is 224 g/mol. The molecule has 5 heteroatoms. The Hall–Kier alpha value is -1.17. The quantitative estimate of drug-likeness (QED) is 0.835. The molecule has 0 spiro atoms. The molecule has 0 aliphatic heterocycles. The second-order valence-electron chi connectivity index (χ2n) is 3.59. The maximum absolute atomic E-state index is 8.87. The summed E-state index contributed by atoms with van der Waals surface area (Å²) in [5.74, 6) is 0.798. The van der Waals surface area contributed by atoms with Crippen molar-refractivity contribution in [1.29, 1.82) is 0 Å². The van der Waals surface area contributed by atoms with Gasteiger partial charge in [-0.2, -0.15) is 0 Å². The number of hydrogen-bond donors (Lipinski definition) is 2. The Labute approximate surface area is 97.9 Å². The van der Waals surface area contributed by atoms with Crippen molar-refractivity contribution >= 4 is 11.3 Å². The molecule has 1 unspecified atom stereocenters. The van der Waals surface area contributed by atoms with E-state index in [1.54, 1.807) is 17.6 Å². The van der Waals surface area contributed by atoms with Gasteiger partial charge in [0.1, 0.15) is 0 Å². The molecular formula is C11H14N2O2S. The third-order valence-electron chi connectivity index (χ3n) is 2.19. The second-order valence-corrected chi connectivity index (χ2v) is 4.44. The van der Waals surface area contributed by atoms with Gasteiger partial charge < -0.3 is 14.8 Å². The number of nitrogens with zero attached hydrogens (tertiary/aromatic N) is 1. The summed E-state index contributed by atoms with van der Waals surface area (Å²) in [6, 6.07) is 3.84. The lowest BCUT2D eigenvalue weighted by molar-refractivity contribution is 0.250. The highest BCUT2D eigenvalue weighted by Gasteiger charge is 2.07. The van der Waals surface area contributed by atoms with Crippen LogP contribution in [0.15, 0.2) is 28.2 Å². The lowest BCUT2D eigenvalue weighted by atomic mass is 10.3. The van der Waals surface area contributed by atoms with Gasteiger partial charge in [-0.3, -0.25) is 0 Å². The Balaban J connectivity index is 1.98. The summed E-state index contributed by atoms with van der Waals surface area (Å²) in [4.78, 5) is 4.44. The minimum absolute atomic E-state index is 0.0914. The molecule has 0 saturated carbocycles. The monoisotopic (exact) mass is 238 g/mol. The molecule has 0 saturated heterocycles. The van der Waals surface area contributed by atoms with Crippen LogP contribution >= 0.6 is 11.3 Å². The summed E-state index contributed by atoms with van der Waals surface area (Å²) in [5.41, 5.74) is 0.969. The first kappa shape index (κ1) is 11.3.